The zero-order valence-electron chi connectivity index (χ0n) is 31.9. The number of hydrogen-bond acceptors (Lipinski definition) is 0. The Morgan fingerprint density at radius 3 is 0.690 bits per heavy atom. The van der Waals surface area contributed by atoms with Gasteiger partial charge in [-0.1, -0.05) is 218 Å². The van der Waals surface area contributed by atoms with Crippen molar-refractivity contribution < 1.29 is 0 Å². The van der Waals surface area contributed by atoms with Crippen molar-refractivity contribution in [3.8, 4) is 77.9 Å². The van der Waals surface area contributed by atoms with Crippen LogP contribution in [0.1, 0.15) is 0 Å². The first-order valence-electron chi connectivity index (χ1n) is 20.1. The Balaban J connectivity index is 1.32. The molecule has 0 spiro atoms. The van der Waals surface area contributed by atoms with Crippen LogP contribution in [0.5, 0.6) is 0 Å². The van der Waals surface area contributed by atoms with Gasteiger partial charge in [0.2, 0.25) is 0 Å². The molecule has 11 aromatic rings. The summed E-state index contributed by atoms with van der Waals surface area (Å²) in [7, 11) is 0. The van der Waals surface area contributed by atoms with E-state index in [4.69, 9.17) is 0 Å². The van der Waals surface area contributed by atoms with Gasteiger partial charge in [-0.05, 0) is 122 Å². The topological polar surface area (TPSA) is 0 Å². The summed E-state index contributed by atoms with van der Waals surface area (Å²) in [5.74, 6) is 0. The molecule has 0 saturated heterocycles. The molecule has 0 fully saturated rings. The molecule has 0 radical (unpaired) electrons. The van der Waals surface area contributed by atoms with E-state index in [-0.39, 0.29) is 0 Å². The van der Waals surface area contributed by atoms with Crippen LogP contribution in [0.2, 0.25) is 0 Å². The molecule has 58 heavy (non-hydrogen) atoms. The fraction of sp³-hybridized carbons (Fsp3) is 0. The molecular weight excluding hydrogens is 697 g/mol. The fourth-order valence-corrected chi connectivity index (χ4v) is 9.28. The molecule has 270 valence electrons. The van der Waals surface area contributed by atoms with E-state index in [1.54, 1.807) is 0 Å². The summed E-state index contributed by atoms with van der Waals surface area (Å²) >= 11 is 0. The highest BCUT2D eigenvalue weighted by atomic mass is 14.3. The molecular formula is C58H38. The number of rotatable bonds is 7. The van der Waals surface area contributed by atoms with Crippen molar-refractivity contribution in [2.75, 3.05) is 0 Å². The Kier molecular flexibility index (Phi) is 8.26. The molecule has 0 unspecified atom stereocenters. The van der Waals surface area contributed by atoms with E-state index in [9.17, 15) is 0 Å². The minimum atomic E-state index is 1.21. The zero-order valence-corrected chi connectivity index (χ0v) is 31.9. The van der Waals surface area contributed by atoms with Gasteiger partial charge in [-0.3, -0.25) is 0 Å². The third-order valence-electron chi connectivity index (χ3n) is 11.9. The molecule has 0 atom stereocenters. The molecule has 0 aliphatic rings. The van der Waals surface area contributed by atoms with Gasteiger partial charge >= 0.3 is 0 Å². The van der Waals surface area contributed by atoms with E-state index in [0.717, 1.165) is 0 Å². The summed E-state index contributed by atoms with van der Waals surface area (Å²) in [4.78, 5) is 0. The molecule has 0 N–H and O–H groups in total. The highest BCUT2D eigenvalue weighted by Gasteiger charge is 2.23. The summed E-state index contributed by atoms with van der Waals surface area (Å²) in [5, 5.41) is 7.62. The zero-order chi connectivity index (χ0) is 38.4. The van der Waals surface area contributed by atoms with E-state index in [1.165, 1.54) is 110 Å². The van der Waals surface area contributed by atoms with Crippen molar-refractivity contribution in [3.63, 3.8) is 0 Å². The van der Waals surface area contributed by atoms with E-state index < -0.39 is 0 Å². The Morgan fingerprint density at radius 1 is 0.155 bits per heavy atom. The van der Waals surface area contributed by atoms with Crippen molar-refractivity contribution in [2.24, 2.45) is 0 Å². The second kappa shape index (κ2) is 14.2. The van der Waals surface area contributed by atoms with E-state index >= 15 is 0 Å². The Bertz CT molecular complexity index is 3130. The minimum Gasteiger partial charge on any atom is -0.0622 e. The van der Waals surface area contributed by atoms with Crippen LogP contribution in [0.25, 0.3) is 110 Å². The highest BCUT2D eigenvalue weighted by molar-refractivity contribution is 6.32. The Labute approximate surface area is 339 Å². The Hall–Kier alpha value is -7.54. The second-order valence-corrected chi connectivity index (χ2v) is 15.1. The normalized spacial score (nSPS) is 11.4. The van der Waals surface area contributed by atoms with Crippen LogP contribution in [-0.2, 0) is 0 Å². The molecule has 0 amide bonds. The van der Waals surface area contributed by atoms with Gasteiger partial charge in [0.1, 0.15) is 0 Å². The lowest BCUT2D eigenvalue weighted by atomic mass is 9.80. The minimum absolute atomic E-state index is 1.21. The molecule has 0 saturated carbocycles. The molecule has 0 heterocycles. The quantitative estimate of drug-likeness (QED) is 0.143. The molecule has 11 rings (SSSR count). The summed E-state index contributed by atoms with van der Waals surface area (Å²) in [6, 6.07) is 84.6. The van der Waals surface area contributed by atoms with Gasteiger partial charge < -0.3 is 0 Å². The number of benzene rings is 11. The van der Waals surface area contributed by atoms with E-state index in [2.05, 4.69) is 231 Å². The van der Waals surface area contributed by atoms with Crippen molar-refractivity contribution in [1.82, 2.24) is 0 Å². The van der Waals surface area contributed by atoms with E-state index in [0.29, 0.717) is 0 Å². The third kappa shape index (κ3) is 5.61. The SMILES string of the molecule is c1ccc(-c2ccccc2-c2cc(-c3ccccc3)c3ccc4c(-c5ccccc5-c5ccccc5)cc(-c5ccccc5-c5ccccc5)c5ccc2c3c45)cc1. The van der Waals surface area contributed by atoms with E-state index in [1.807, 2.05) is 0 Å². The van der Waals surface area contributed by atoms with Gasteiger partial charge in [0.15, 0.2) is 0 Å². The van der Waals surface area contributed by atoms with Gasteiger partial charge in [-0.15, -0.1) is 0 Å². The standard InChI is InChI=1S/C58H38/c1-5-19-39(20-6-1)43-27-13-16-30-46(43)54-37-53(42-25-11-4-12-26-42)49-33-34-51-55(47-31-17-14-28-44(47)40-21-7-2-8-22-40)38-56(52-36-35-50(54)57(49)58(51)52)48-32-18-15-29-45(48)41-23-9-3-10-24-41/h1-38H. The largest absolute Gasteiger partial charge is 0.0622 e. The van der Waals surface area contributed by atoms with Crippen molar-refractivity contribution in [3.05, 3.63) is 231 Å². The van der Waals surface area contributed by atoms with Crippen LogP contribution in [-0.4, -0.2) is 0 Å². The van der Waals surface area contributed by atoms with Crippen LogP contribution in [0.15, 0.2) is 231 Å². The second-order valence-electron chi connectivity index (χ2n) is 15.1. The van der Waals surface area contributed by atoms with Crippen LogP contribution >= 0.6 is 0 Å². The van der Waals surface area contributed by atoms with Gasteiger partial charge in [0.25, 0.3) is 0 Å². The smallest absolute Gasteiger partial charge is 0.00139 e. The van der Waals surface area contributed by atoms with Gasteiger partial charge in [-0.2, -0.15) is 0 Å². The molecule has 0 nitrogen and oxygen atoms in total. The maximum atomic E-state index is 2.47. The molecule has 0 aliphatic carbocycles. The number of hydrogen-bond donors (Lipinski definition) is 0. The summed E-state index contributed by atoms with van der Waals surface area (Å²) < 4.78 is 0. The van der Waals surface area contributed by atoms with Crippen LogP contribution in [0.4, 0.5) is 0 Å². The van der Waals surface area contributed by atoms with Crippen molar-refractivity contribution in [2.45, 2.75) is 0 Å². The first kappa shape index (κ1) is 33.8. The lowest BCUT2D eigenvalue weighted by Gasteiger charge is -2.23. The van der Waals surface area contributed by atoms with Gasteiger partial charge in [-0.25, -0.2) is 0 Å². The van der Waals surface area contributed by atoms with Crippen LogP contribution in [0.3, 0.4) is 0 Å². The van der Waals surface area contributed by atoms with Crippen molar-refractivity contribution in [1.29, 1.82) is 0 Å². The van der Waals surface area contributed by atoms with Crippen LogP contribution in [0, 0.1) is 0 Å². The monoisotopic (exact) mass is 734 g/mol. The molecule has 11 aromatic carbocycles. The van der Waals surface area contributed by atoms with Crippen LogP contribution < -0.4 is 0 Å². The summed E-state index contributed by atoms with van der Waals surface area (Å²) in [6.07, 6.45) is 0. The third-order valence-corrected chi connectivity index (χ3v) is 11.9. The lowest BCUT2D eigenvalue weighted by Crippen LogP contribution is -1.96. The molecule has 0 aliphatic heterocycles. The average molecular weight is 735 g/mol. The summed E-state index contributed by atoms with van der Waals surface area (Å²) in [6.45, 7) is 0. The fourth-order valence-electron chi connectivity index (χ4n) is 9.28. The molecule has 0 aromatic heterocycles. The molecule has 0 bridgehead atoms. The predicted octanol–water partition coefficient (Wildman–Crippen LogP) is 16.3. The molecule has 0 heteroatoms. The Morgan fingerprint density at radius 2 is 0.379 bits per heavy atom. The van der Waals surface area contributed by atoms with Gasteiger partial charge in [0.05, 0.1) is 0 Å². The highest BCUT2D eigenvalue weighted by Crippen LogP contribution is 2.51. The summed E-state index contributed by atoms with van der Waals surface area (Å²) in [5.41, 5.74) is 17.1. The lowest BCUT2D eigenvalue weighted by molar-refractivity contribution is 1.58. The first-order valence-corrected chi connectivity index (χ1v) is 20.1. The van der Waals surface area contributed by atoms with Crippen molar-refractivity contribution >= 4 is 32.3 Å². The maximum absolute atomic E-state index is 2.47. The predicted molar refractivity (Wildman–Crippen MR) is 248 cm³/mol. The van der Waals surface area contributed by atoms with Gasteiger partial charge in [0, 0.05) is 0 Å². The average Bonchev–Trinajstić information content (AvgIpc) is 3.31. The first-order chi connectivity index (χ1) is 28.8. The maximum Gasteiger partial charge on any atom is -0.00139 e.